The summed E-state index contributed by atoms with van der Waals surface area (Å²) in [6.07, 6.45) is 1.11. The van der Waals surface area contributed by atoms with Crippen molar-refractivity contribution in [3.8, 4) is 0 Å². The van der Waals surface area contributed by atoms with Crippen LogP contribution in [0.5, 0.6) is 0 Å². The van der Waals surface area contributed by atoms with Gasteiger partial charge >= 0.3 is 0 Å². The average molecular weight is 269 g/mol. The van der Waals surface area contributed by atoms with Crippen LogP contribution in [0.25, 0.3) is 0 Å². The first-order chi connectivity index (χ1) is 9.06. The topological polar surface area (TPSA) is 76.4 Å². The maximum Gasteiger partial charge on any atom is 0.224 e. The molecule has 0 radical (unpaired) electrons. The number of aromatic nitrogens is 2. The molecule has 0 unspecified atom stereocenters. The van der Waals surface area contributed by atoms with Crippen LogP contribution in [0.2, 0.25) is 0 Å². The van der Waals surface area contributed by atoms with Gasteiger partial charge in [0.2, 0.25) is 5.91 Å². The van der Waals surface area contributed by atoms with Gasteiger partial charge in [0.15, 0.2) is 0 Å². The number of nitrogens with zero attached hydrogens (tertiary/aromatic N) is 2. The summed E-state index contributed by atoms with van der Waals surface area (Å²) in [4.78, 5) is 11.8. The third-order valence-corrected chi connectivity index (χ3v) is 3.02. The lowest BCUT2D eigenvalue weighted by atomic mass is 10.1. The van der Waals surface area contributed by atoms with Gasteiger partial charge in [-0.1, -0.05) is 0 Å². The minimum atomic E-state index is 0.00126. The van der Waals surface area contributed by atoms with Crippen LogP contribution in [0.3, 0.4) is 0 Å². The van der Waals surface area contributed by atoms with E-state index in [0.29, 0.717) is 26.2 Å². The van der Waals surface area contributed by atoms with Crippen molar-refractivity contribution in [1.29, 1.82) is 0 Å². The quantitative estimate of drug-likeness (QED) is 0.656. The van der Waals surface area contributed by atoms with Crippen molar-refractivity contribution >= 4 is 5.91 Å². The molecule has 108 valence electrons. The van der Waals surface area contributed by atoms with Crippen LogP contribution >= 0.6 is 0 Å². The minimum Gasteiger partial charge on any atom is -0.394 e. The van der Waals surface area contributed by atoms with Gasteiger partial charge in [-0.15, -0.1) is 0 Å². The van der Waals surface area contributed by atoms with Crippen LogP contribution in [0.4, 0.5) is 0 Å². The van der Waals surface area contributed by atoms with Crippen molar-refractivity contribution in [1.82, 2.24) is 15.1 Å². The van der Waals surface area contributed by atoms with Gasteiger partial charge < -0.3 is 15.2 Å². The van der Waals surface area contributed by atoms with Crippen LogP contribution < -0.4 is 5.32 Å². The van der Waals surface area contributed by atoms with Gasteiger partial charge in [-0.3, -0.25) is 9.48 Å². The highest BCUT2D eigenvalue weighted by molar-refractivity contribution is 5.79. The van der Waals surface area contributed by atoms with E-state index in [1.165, 1.54) is 0 Å². The van der Waals surface area contributed by atoms with E-state index < -0.39 is 0 Å². The number of aliphatic hydroxyl groups excluding tert-OH is 1. The summed E-state index contributed by atoms with van der Waals surface area (Å²) in [6.45, 7) is 5.39. The molecule has 0 aliphatic rings. The highest BCUT2D eigenvalue weighted by Gasteiger charge is 2.12. The molecule has 19 heavy (non-hydrogen) atoms. The van der Waals surface area contributed by atoms with E-state index in [-0.39, 0.29) is 12.5 Å². The van der Waals surface area contributed by atoms with Crippen molar-refractivity contribution in [2.75, 3.05) is 26.4 Å². The van der Waals surface area contributed by atoms with E-state index in [2.05, 4.69) is 10.4 Å². The van der Waals surface area contributed by atoms with Crippen molar-refractivity contribution in [2.24, 2.45) is 7.05 Å². The Balaban J connectivity index is 2.28. The Morgan fingerprint density at radius 2 is 2.16 bits per heavy atom. The molecule has 1 rings (SSSR count). The second-order valence-corrected chi connectivity index (χ2v) is 4.49. The van der Waals surface area contributed by atoms with E-state index in [1.807, 2.05) is 20.9 Å². The number of hydrogen-bond donors (Lipinski definition) is 2. The molecule has 6 heteroatoms. The molecule has 0 aliphatic heterocycles. The molecule has 0 fully saturated rings. The number of aryl methyl sites for hydroxylation is 2. The van der Waals surface area contributed by atoms with Crippen LogP contribution in [0.1, 0.15) is 23.4 Å². The molecular formula is C13H23N3O3. The zero-order valence-electron chi connectivity index (χ0n) is 11.9. The van der Waals surface area contributed by atoms with Gasteiger partial charge in [0.25, 0.3) is 0 Å². The van der Waals surface area contributed by atoms with Gasteiger partial charge in [-0.25, -0.2) is 0 Å². The Morgan fingerprint density at radius 1 is 1.42 bits per heavy atom. The van der Waals surface area contributed by atoms with Crippen molar-refractivity contribution in [3.63, 3.8) is 0 Å². The summed E-state index contributed by atoms with van der Waals surface area (Å²) >= 11 is 0. The van der Waals surface area contributed by atoms with Crippen molar-refractivity contribution in [3.05, 3.63) is 17.0 Å². The third-order valence-electron chi connectivity index (χ3n) is 3.02. The summed E-state index contributed by atoms with van der Waals surface area (Å²) in [5, 5.41) is 15.7. The number of hydrogen-bond acceptors (Lipinski definition) is 4. The Kier molecular flexibility index (Phi) is 6.52. The van der Waals surface area contributed by atoms with E-state index in [1.54, 1.807) is 4.68 Å². The maximum absolute atomic E-state index is 11.8. The lowest BCUT2D eigenvalue weighted by Crippen LogP contribution is -2.27. The lowest BCUT2D eigenvalue weighted by Gasteiger charge is -2.06. The highest BCUT2D eigenvalue weighted by Crippen LogP contribution is 2.12. The monoisotopic (exact) mass is 269 g/mol. The average Bonchev–Trinajstić information content (AvgIpc) is 2.60. The van der Waals surface area contributed by atoms with Gasteiger partial charge in [-0.2, -0.15) is 5.10 Å². The van der Waals surface area contributed by atoms with Gasteiger partial charge in [-0.05, 0) is 20.3 Å². The first-order valence-electron chi connectivity index (χ1n) is 6.50. The first kappa shape index (κ1) is 15.7. The second-order valence-electron chi connectivity index (χ2n) is 4.49. The van der Waals surface area contributed by atoms with E-state index in [9.17, 15) is 4.79 Å². The summed E-state index contributed by atoms with van der Waals surface area (Å²) in [7, 11) is 1.88. The van der Waals surface area contributed by atoms with E-state index in [0.717, 1.165) is 23.4 Å². The molecular weight excluding hydrogens is 246 g/mol. The molecule has 0 saturated carbocycles. The van der Waals surface area contributed by atoms with E-state index >= 15 is 0 Å². The summed E-state index contributed by atoms with van der Waals surface area (Å²) in [6, 6.07) is 0. The Hall–Kier alpha value is -1.40. The van der Waals surface area contributed by atoms with Crippen LogP contribution in [-0.4, -0.2) is 47.2 Å². The fourth-order valence-electron chi connectivity index (χ4n) is 1.87. The number of nitrogens with one attached hydrogen (secondary N) is 1. The number of carbonyl (C=O) groups excluding carboxylic acids is 1. The maximum atomic E-state index is 11.8. The van der Waals surface area contributed by atoms with E-state index in [4.69, 9.17) is 9.84 Å². The zero-order valence-corrected chi connectivity index (χ0v) is 11.9. The molecule has 1 amide bonds. The smallest absolute Gasteiger partial charge is 0.224 e. The molecule has 0 aromatic carbocycles. The molecule has 6 nitrogen and oxygen atoms in total. The summed E-state index contributed by atoms with van der Waals surface area (Å²) < 4.78 is 6.90. The fourth-order valence-corrected chi connectivity index (χ4v) is 1.87. The Labute approximate surface area is 113 Å². The number of ether oxygens (including phenoxy) is 1. The zero-order chi connectivity index (χ0) is 14.3. The molecule has 0 saturated heterocycles. The normalized spacial score (nSPS) is 10.7. The highest BCUT2D eigenvalue weighted by atomic mass is 16.5. The standard InChI is InChI=1S/C13H23N3O3/c1-10-12(11(2)16(3)15-10)9-13(18)14-5-4-7-19-8-6-17/h17H,4-9H2,1-3H3,(H,14,18). The second kappa shape index (κ2) is 7.91. The lowest BCUT2D eigenvalue weighted by molar-refractivity contribution is -0.120. The number of aliphatic hydroxyl groups is 1. The molecule has 1 aromatic rings. The minimum absolute atomic E-state index is 0.00126. The number of carbonyl (C=O) groups is 1. The summed E-state index contributed by atoms with van der Waals surface area (Å²) in [5.74, 6) is 0.00126. The largest absolute Gasteiger partial charge is 0.394 e. The number of amides is 1. The van der Waals surface area contributed by atoms with Gasteiger partial charge in [0.05, 0.1) is 25.3 Å². The molecule has 2 N–H and O–H groups in total. The predicted molar refractivity (Wildman–Crippen MR) is 71.9 cm³/mol. The van der Waals surface area contributed by atoms with Gasteiger partial charge in [0.1, 0.15) is 0 Å². The Morgan fingerprint density at radius 3 is 2.74 bits per heavy atom. The molecule has 1 heterocycles. The van der Waals surface area contributed by atoms with Crippen LogP contribution in [-0.2, 0) is 23.0 Å². The van der Waals surface area contributed by atoms with Crippen molar-refractivity contribution in [2.45, 2.75) is 26.7 Å². The van der Waals surface area contributed by atoms with Crippen LogP contribution in [0, 0.1) is 13.8 Å². The SMILES string of the molecule is Cc1nn(C)c(C)c1CC(=O)NCCCOCCO. The fraction of sp³-hybridized carbons (Fsp3) is 0.692. The summed E-state index contributed by atoms with van der Waals surface area (Å²) in [5.41, 5.74) is 2.93. The Bertz CT molecular complexity index is 416. The predicted octanol–water partition coefficient (Wildman–Crippen LogP) is 0.0946. The number of rotatable bonds is 8. The molecule has 0 bridgehead atoms. The molecule has 0 aliphatic carbocycles. The van der Waals surface area contributed by atoms with Crippen molar-refractivity contribution < 1.29 is 14.6 Å². The first-order valence-corrected chi connectivity index (χ1v) is 6.50. The van der Waals surface area contributed by atoms with Crippen LogP contribution in [0.15, 0.2) is 0 Å². The molecule has 0 spiro atoms. The third kappa shape index (κ3) is 5.00. The van der Waals surface area contributed by atoms with Gasteiger partial charge in [0, 0.05) is 31.5 Å². The molecule has 0 atom stereocenters. The molecule has 1 aromatic heterocycles.